The van der Waals surface area contributed by atoms with E-state index in [4.69, 9.17) is 0 Å². The lowest BCUT2D eigenvalue weighted by molar-refractivity contribution is 0.0791. The maximum Gasteiger partial charge on any atom is 0.254 e. The Labute approximate surface area is 106 Å². The lowest BCUT2D eigenvalue weighted by atomic mass is 10.1. The Balaban J connectivity index is 2.29. The van der Waals surface area contributed by atoms with Crippen LogP contribution in [0.1, 0.15) is 10.4 Å². The van der Waals surface area contributed by atoms with Crippen LogP contribution in [-0.2, 0) is 0 Å². The van der Waals surface area contributed by atoms with Crippen molar-refractivity contribution in [3.63, 3.8) is 0 Å². The molecule has 4 heteroatoms. The third-order valence-electron chi connectivity index (χ3n) is 2.68. The highest BCUT2D eigenvalue weighted by molar-refractivity contribution is 5.97. The van der Waals surface area contributed by atoms with Crippen LogP contribution in [0.15, 0.2) is 49.7 Å². The highest BCUT2D eigenvalue weighted by Crippen LogP contribution is 2.14. The second kappa shape index (κ2) is 5.31. The van der Waals surface area contributed by atoms with Crippen molar-refractivity contribution >= 4 is 16.8 Å². The molecule has 0 saturated heterocycles. The van der Waals surface area contributed by atoms with Gasteiger partial charge in [0.1, 0.15) is 0 Å². The number of hydrogen-bond acceptors (Lipinski definition) is 2. The fourth-order valence-corrected chi connectivity index (χ4v) is 1.80. The number of carbonyl (C=O) groups is 1. The number of hydrogen-bond donors (Lipinski definition) is 1. The average molecular weight is 241 g/mol. The van der Waals surface area contributed by atoms with E-state index in [0.29, 0.717) is 18.7 Å². The number of nitrogens with zero attached hydrogens (tertiary/aromatic N) is 2. The molecule has 0 aliphatic carbocycles. The molecule has 1 heterocycles. The molecule has 1 aromatic carbocycles. The molecule has 0 unspecified atom stereocenters. The molecule has 2 aromatic rings. The Kier molecular flexibility index (Phi) is 3.57. The zero-order chi connectivity index (χ0) is 13.0. The van der Waals surface area contributed by atoms with Gasteiger partial charge in [0.05, 0.1) is 11.7 Å². The van der Waals surface area contributed by atoms with Gasteiger partial charge in [0, 0.05) is 24.0 Å². The molecule has 1 N–H and O–H groups in total. The Morgan fingerprint density at radius 2 is 2.06 bits per heavy atom. The van der Waals surface area contributed by atoms with Crippen LogP contribution in [0.2, 0.25) is 0 Å². The zero-order valence-electron chi connectivity index (χ0n) is 10.1. The predicted molar refractivity (Wildman–Crippen MR) is 72.4 cm³/mol. The summed E-state index contributed by atoms with van der Waals surface area (Å²) >= 11 is 0. The van der Waals surface area contributed by atoms with E-state index in [1.54, 1.807) is 29.3 Å². The minimum Gasteiger partial charge on any atom is -0.331 e. The number of aromatic amines is 1. The highest BCUT2D eigenvalue weighted by atomic mass is 16.2. The van der Waals surface area contributed by atoms with Gasteiger partial charge in [-0.2, -0.15) is 5.10 Å². The van der Waals surface area contributed by atoms with Crippen LogP contribution in [0.4, 0.5) is 0 Å². The van der Waals surface area contributed by atoms with Crippen LogP contribution in [0.3, 0.4) is 0 Å². The highest BCUT2D eigenvalue weighted by Gasteiger charge is 2.13. The van der Waals surface area contributed by atoms with Gasteiger partial charge in [-0.05, 0) is 12.1 Å². The summed E-state index contributed by atoms with van der Waals surface area (Å²) < 4.78 is 0. The van der Waals surface area contributed by atoms with Crippen molar-refractivity contribution in [3.8, 4) is 0 Å². The summed E-state index contributed by atoms with van der Waals surface area (Å²) in [5.74, 6) is -0.0358. The standard InChI is InChI=1S/C14H15N3O/c1-3-7-17(8-4-2)14(18)11-5-6-12-10-15-16-13(12)9-11/h3-6,9-10H,1-2,7-8H2,(H,15,16). The van der Waals surface area contributed by atoms with Gasteiger partial charge >= 0.3 is 0 Å². The van der Waals surface area contributed by atoms with Gasteiger partial charge < -0.3 is 4.90 Å². The fraction of sp³-hybridized carbons (Fsp3) is 0.143. The molecule has 92 valence electrons. The third-order valence-corrected chi connectivity index (χ3v) is 2.68. The summed E-state index contributed by atoms with van der Waals surface area (Å²) in [4.78, 5) is 14.0. The monoisotopic (exact) mass is 241 g/mol. The minimum absolute atomic E-state index is 0.0358. The molecule has 0 atom stereocenters. The first-order chi connectivity index (χ1) is 8.76. The van der Waals surface area contributed by atoms with Gasteiger partial charge in [0.2, 0.25) is 0 Å². The summed E-state index contributed by atoms with van der Waals surface area (Å²) in [6.45, 7) is 8.32. The van der Waals surface area contributed by atoms with E-state index in [2.05, 4.69) is 23.4 Å². The molecule has 0 spiro atoms. The van der Waals surface area contributed by atoms with Crippen LogP contribution < -0.4 is 0 Å². The summed E-state index contributed by atoms with van der Waals surface area (Å²) in [6.07, 6.45) is 5.14. The SMILES string of the molecule is C=CCN(CC=C)C(=O)c1ccc2cn[nH]c2c1. The fourth-order valence-electron chi connectivity index (χ4n) is 1.80. The van der Waals surface area contributed by atoms with Crippen molar-refractivity contribution < 1.29 is 4.79 Å². The van der Waals surface area contributed by atoms with Crippen molar-refractivity contribution in [2.24, 2.45) is 0 Å². The second-order valence-electron chi connectivity index (χ2n) is 3.96. The average Bonchev–Trinajstić information content (AvgIpc) is 2.84. The first-order valence-corrected chi connectivity index (χ1v) is 5.70. The number of fused-ring (bicyclic) bond motifs is 1. The first kappa shape index (κ1) is 12.1. The number of benzene rings is 1. The number of amides is 1. The van der Waals surface area contributed by atoms with Crippen LogP contribution in [-0.4, -0.2) is 34.1 Å². The number of aromatic nitrogens is 2. The van der Waals surface area contributed by atoms with E-state index in [-0.39, 0.29) is 5.91 Å². The molecule has 2 rings (SSSR count). The lowest BCUT2D eigenvalue weighted by Crippen LogP contribution is -2.31. The Morgan fingerprint density at radius 1 is 1.33 bits per heavy atom. The third kappa shape index (κ3) is 2.32. The van der Waals surface area contributed by atoms with E-state index < -0.39 is 0 Å². The largest absolute Gasteiger partial charge is 0.331 e. The van der Waals surface area contributed by atoms with Crippen LogP contribution in [0.25, 0.3) is 10.9 Å². The normalized spacial score (nSPS) is 10.2. The van der Waals surface area contributed by atoms with E-state index in [1.807, 2.05) is 12.1 Å². The van der Waals surface area contributed by atoms with Crippen LogP contribution >= 0.6 is 0 Å². The lowest BCUT2D eigenvalue weighted by Gasteiger charge is -2.19. The van der Waals surface area contributed by atoms with Crippen molar-refractivity contribution in [2.75, 3.05) is 13.1 Å². The van der Waals surface area contributed by atoms with E-state index in [9.17, 15) is 4.79 Å². The van der Waals surface area contributed by atoms with Crippen LogP contribution in [0, 0.1) is 0 Å². The summed E-state index contributed by atoms with van der Waals surface area (Å²) in [5.41, 5.74) is 1.49. The molecular formula is C14H15N3O. The summed E-state index contributed by atoms with van der Waals surface area (Å²) in [5, 5.41) is 7.78. The van der Waals surface area contributed by atoms with E-state index in [1.165, 1.54) is 0 Å². The number of nitrogens with one attached hydrogen (secondary N) is 1. The van der Waals surface area contributed by atoms with E-state index >= 15 is 0 Å². The minimum atomic E-state index is -0.0358. The Hall–Kier alpha value is -2.36. The molecule has 0 bridgehead atoms. The van der Waals surface area contributed by atoms with Gasteiger partial charge in [-0.1, -0.05) is 18.2 Å². The van der Waals surface area contributed by atoms with Gasteiger partial charge in [0.25, 0.3) is 5.91 Å². The zero-order valence-corrected chi connectivity index (χ0v) is 10.1. The van der Waals surface area contributed by atoms with Crippen molar-refractivity contribution in [3.05, 3.63) is 55.3 Å². The summed E-state index contributed by atoms with van der Waals surface area (Å²) in [7, 11) is 0. The molecule has 0 fully saturated rings. The van der Waals surface area contributed by atoms with Gasteiger partial charge in [0.15, 0.2) is 0 Å². The topological polar surface area (TPSA) is 49.0 Å². The van der Waals surface area contributed by atoms with E-state index in [0.717, 1.165) is 10.9 Å². The molecule has 0 aliphatic rings. The second-order valence-corrected chi connectivity index (χ2v) is 3.96. The molecule has 4 nitrogen and oxygen atoms in total. The molecular weight excluding hydrogens is 226 g/mol. The number of H-pyrrole nitrogens is 1. The number of carbonyl (C=O) groups excluding carboxylic acids is 1. The molecule has 0 aliphatic heterocycles. The maximum atomic E-state index is 12.3. The first-order valence-electron chi connectivity index (χ1n) is 5.70. The molecule has 1 amide bonds. The smallest absolute Gasteiger partial charge is 0.254 e. The molecule has 0 saturated carbocycles. The van der Waals surface area contributed by atoms with Crippen molar-refractivity contribution in [1.82, 2.24) is 15.1 Å². The summed E-state index contributed by atoms with van der Waals surface area (Å²) in [6, 6.07) is 5.50. The Morgan fingerprint density at radius 3 is 2.72 bits per heavy atom. The molecule has 0 radical (unpaired) electrons. The quantitative estimate of drug-likeness (QED) is 0.817. The maximum absolute atomic E-state index is 12.3. The van der Waals surface area contributed by atoms with Gasteiger partial charge in [-0.15, -0.1) is 13.2 Å². The van der Waals surface area contributed by atoms with Crippen LogP contribution in [0.5, 0.6) is 0 Å². The van der Waals surface area contributed by atoms with Gasteiger partial charge in [-0.3, -0.25) is 9.89 Å². The predicted octanol–water partition coefficient (Wildman–Crippen LogP) is 2.38. The Bertz CT molecular complexity index is 575. The molecule has 1 aromatic heterocycles. The van der Waals surface area contributed by atoms with Crippen molar-refractivity contribution in [1.29, 1.82) is 0 Å². The molecule has 18 heavy (non-hydrogen) atoms. The van der Waals surface area contributed by atoms with Crippen molar-refractivity contribution in [2.45, 2.75) is 0 Å². The van der Waals surface area contributed by atoms with Gasteiger partial charge in [-0.25, -0.2) is 0 Å². The number of rotatable bonds is 5.